The number of hydrogen-bond donors (Lipinski definition) is 0. The van der Waals surface area contributed by atoms with E-state index in [1.807, 2.05) is 6.92 Å². The average molecular weight is 409 g/mol. The van der Waals surface area contributed by atoms with E-state index in [4.69, 9.17) is 14.3 Å². The van der Waals surface area contributed by atoms with E-state index in [9.17, 15) is 10.1 Å². The molecule has 0 aromatic heterocycles. The van der Waals surface area contributed by atoms with Gasteiger partial charge in [-0.3, -0.25) is 10.1 Å². The maximum absolute atomic E-state index is 10.8. The molecule has 25 heavy (non-hydrogen) atoms. The highest BCUT2D eigenvalue weighted by atomic mass is 79.9. The van der Waals surface area contributed by atoms with Crippen molar-refractivity contribution in [1.82, 2.24) is 0 Å². The van der Waals surface area contributed by atoms with Gasteiger partial charge in [0.15, 0.2) is 11.5 Å². The molecule has 0 spiro atoms. The van der Waals surface area contributed by atoms with Gasteiger partial charge >= 0.3 is 0 Å². The molecule has 0 fully saturated rings. The summed E-state index contributed by atoms with van der Waals surface area (Å²) in [6, 6.07) is 9.79. The fourth-order valence-electron chi connectivity index (χ4n) is 2.04. The monoisotopic (exact) mass is 408 g/mol. The third-order valence-electron chi connectivity index (χ3n) is 3.20. The van der Waals surface area contributed by atoms with Crippen molar-refractivity contribution in [2.24, 2.45) is 5.16 Å². The highest BCUT2D eigenvalue weighted by Crippen LogP contribution is 2.32. The molecule has 132 valence electrons. The molecule has 0 N–H and O–H groups in total. The Bertz CT molecular complexity index is 780. The molecule has 0 aliphatic heterocycles. The summed E-state index contributed by atoms with van der Waals surface area (Å²) in [5.74, 6) is 1.22. The SMILES string of the molecule is CCOc1cc(/C=N\OCc2cccc([N+](=O)[O-])c2)c(Br)cc1OC. The van der Waals surface area contributed by atoms with Crippen molar-refractivity contribution in [3.05, 3.63) is 62.1 Å². The van der Waals surface area contributed by atoms with Crippen LogP contribution in [-0.2, 0) is 11.4 Å². The highest BCUT2D eigenvalue weighted by molar-refractivity contribution is 9.10. The van der Waals surface area contributed by atoms with Crippen molar-refractivity contribution in [2.75, 3.05) is 13.7 Å². The predicted octanol–water partition coefficient (Wildman–Crippen LogP) is 4.32. The Morgan fingerprint density at radius 1 is 1.28 bits per heavy atom. The Morgan fingerprint density at radius 2 is 2.08 bits per heavy atom. The minimum atomic E-state index is -0.448. The fourth-order valence-corrected chi connectivity index (χ4v) is 2.47. The van der Waals surface area contributed by atoms with Gasteiger partial charge in [-0.15, -0.1) is 0 Å². The van der Waals surface area contributed by atoms with Crippen molar-refractivity contribution >= 4 is 27.8 Å². The van der Waals surface area contributed by atoms with Crippen LogP contribution in [0.3, 0.4) is 0 Å². The van der Waals surface area contributed by atoms with Crippen molar-refractivity contribution in [2.45, 2.75) is 13.5 Å². The first-order valence-electron chi connectivity index (χ1n) is 7.44. The summed E-state index contributed by atoms with van der Waals surface area (Å²) in [6.45, 7) is 2.53. The van der Waals surface area contributed by atoms with Crippen LogP contribution < -0.4 is 9.47 Å². The van der Waals surface area contributed by atoms with E-state index in [1.165, 1.54) is 18.3 Å². The maximum Gasteiger partial charge on any atom is 0.269 e. The molecule has 8 heteroatoms. The first kappa shape index (κ1) is 18.7. The molecule has 0 radical (unpaired) electrons. The summed E-state index contributed by atoms with van der Waals surface area (Å²) in [7, 11) is 1.57. The Balaban J connectivity index is 2.05. The van der Waals surface area contributed by atoms with Gasteiger partial charge in [0.2, 0.25) is 0 Å². The standard InChI is InChI=1S/C17H17BrN2O5/c1-3-24-17-8-13(15(18)9-16(17)23-2)10-19-25-11-12-5-4-6-14(7-12)20(21)22/h4-10H,3,11H2,1-2H3/b19-10-. The van der Waals surface area contributed by atoms with Gasteiger partial charge < -0.3 is 14.3 Å². The summed E-state index contributed by atoms with van der Waals surface area (Å²) >= 11 is 3.44. The molecular formula is C17H17BrN2O5. The molecule has 0 heterocycles. The largest absolute Gasteiger partial charge is 0.493 e. The molecule has 0 saturated carbocycles. The lowest BCUT2D eigenvalue weighted by atomic mass is 10.2. The number of nitrogens with zero attached hydrogens (tertiary/aromatic N) is 2. The molecule has 0 aliphatic carbocycles. The number of nitro groups is 1. The number of rotatable bonds is 8. The summed E-state index contributed by atoms with van der Waals surface area (Å²) in [4.78, 5) is 15.5. The van der Waals surface area contributed by atoms with Crippen LogP contribution in [0.5, 0.6) is 11.5 Å². The zero-order valence-corrected chi connectivity index (χ0v) is 15.4. The zero-order valence-electron chi connectivity index (χ0n) is 13.8. The fraction of sp³-hybridized carbons (Fsp3) is 0.235. The van der Waals surface area contributed by atoms with Crippen molar-refractivity contribution in [3.8, 4) is 11.5 Å². The molecule has 0 atom stereocenters. The number of benzene rings is 2. The number of halogens is 1. The van der Waals surface area contributed by atoms with Gasteiger partial charge in [-0.2, -0.15) is 0 Å². The summed E-state index contributed by atoms with van der Waals surface area (Å²) in [5.41, 5.74) is 1.43. The summed E-state index contributed by atoms with van der Waals surface area (Å²) < 4.78 is 11.6. The second-order valence-electron chi connectivity index (χ2n) is 4.89. The molecule has 0 unspecified atom stereocenters. The van der Waals surface area contributed by atoms with Gasteiger partial charge in [0.25, 0.3) is 5.69 Å². The Morgan fingerprint density at radius 3 is 2.76 bits per heavy atom. The third kappa shape index (κ3) is 5.18. The Labute approximate surface area is 153 Å². The minimum absolute atomic E-state index is 0.0179. The normalized spacial score (nSPS) is 10.7. The van der Waals surface area contributed by atoms with Gasteiger partial charge in [0.05, 0.1) is 24.9 Å². The molecule has 0 aliphatic rings. The lowest BCUT2D eigenvalue weighted by Gasteiger charge is -2.11. The molecule has 2 rings (SSSR count). The number of ether oxygens (including phenoxy) is 2. The Kier molecular flexibility index (Phi) is 6.76. The van der Waals surface area contributed by atoms with E-state index in [2.05, 4.69) is 21.1 Å². The first-order chi connectivity index (χ1) is 12.0. The van der Waals surface area contributed by atoms with E-state index < -0.39 is 4.92 Å². The lowest BCUT2D eigenvalue weighted by Crippen LogP contribution is -1.97. The second kappa shape index (κ2) is 9.03. The smallest absolute Gasteiger partial charge is 0.269 e. The quantitative estimate of drug-likeness (QED) is 0.369. The van der Waals surface area contributed by atoms with Gasteiger partial charge in [-0.25, -0.2) is 0 Å². The van der Waals surface area contributed by atoms with Gasteiger partial charge in [-0.1, -0.05) is 17.3 Å². The number of non-ortho nitro benzene ring substituents is 1. The van der Waals surface area contributed by atoms with E-state index in [0.29, 0.717) is 23.7 Å². The van der Waals surface area contributed by atoms with E-state index in [1.54, 1.807) is 31.4 Å². The number of hydrogen-bond acceptors (Lipinski definition) is 6. The average Bonchev–Trinajstić information content (AvgIpc) is 2.61. The summed E-state index contributed by atoms with van der Waals surface area (Å²) in [6.07, 6.45) is 1.53. The predicted molar refractivity (Wildman–Crippen MR) is 97.3 cm³/mol. The molecule has 2 aromatic rings. The van der Waals surface area contributed by atoms with Gasteiger partial charge in [0, 0.05) is 22.2 Å². The van der Waals surface area contributed by atoms with Crippen LogP contribution in [-0.4, -0.2) is 24.9 Å². The second-order valence-corrected chi connectivity index (χ2v) is 5.75. The Hall–Kier alpha value is -2.61. The van der Waals surface area contributed by atoms with Crippen molar-refractivity contribution in [3.63, 3.8) is 0 Å². The molecule has 0 saturated heterocycles. The minimum Gasteiger partial charge on any atom is -0.493 e. The van der Waals surface area contributed by atoms with E-state index in [-0.39, 0.29) is 12.3 Å². The van der Waals surface area contributed by atoms with Gasteiger partial charge in [-0.05, 0) is 40.5 Å². The molecule has 0 amide bonds. The van der Waals surface area contributed by atoms with Crippen LogP contribution in [0, 0.1) is 10.1 Å². The molecule has 0 bridgehead atoms. The molecule has 7 nitrogen and oxygen atoms in total. The van der Waals surface area contributed by atoms with Crippen LogP contribution >= 0.6 is 15.9 Å². The van der Waals surface area contributed by atoms with Crippen LogP contribution in [0.15, 0.2) is 46.0 Å². The van der Waals surface area contributed by atoms with Crippen molar-refractivity contribution < 1.29 is 19.2 Å². The number of nitro benzene ring substituents is 1. The summed E-state index contributed by atoms with van der Waals surface area (Å²) in [5, 5.41) is 14.7. The van der Waals surface area contributed by atoms with Crippen LogP contribution in [0.1, 0.15) is 18.1 Å². The molecule has 2 aromatic carbocycles. The first-order valence-corrected chi connectivity index (χ1v) is 8.23. The molecular weight excluding hydrogens is 392 g/mol. The number of methoxy groups -OCH3 is 1. The lowest BCUT2D eigenvalue weighted by molar-refractivity contribution is -0.384. The van der Waals surface area contributed by atoms with E-state index in [0.717, 1.165) is 10.0 Å². The van der Waals surface area contributed by atoms with Crippen LogP contribution in [0.25, 0.3) is 0 Å². The highest BCUT2D eigenvalue weighted by Gasteiger charge is 2.09. The maximum atomic E-state index is 10.8. The zero-order chi connectivity index (χ0) is 18.2. The van der Waals surface area contributed by atoms with Crippen LogP contribution in [0.4, 0.5) is 5.69 Å². The third-order valence-corrected chi connectivity index (χ3v) is 3.89. The van der Waals surface area contributed by atoms with Gasteiger partial charge in [0.1, 0.15) is 6.61 Å². The number of oxime groups is 1. The van der Waals surface area contributed by atoms with Crippen LogP contribution in [0.2, 0.25) is 0 Å². The van der Waals surface area contributed by atoms with Crippen molar-refractivity contribution in [1.29, 1.82) is 0 Å². The topological polar surface area (TPSA) is 83.2 Å². The van der Waals surface area contributed by atoms with E-state index >= 15 is 0 Å².